The minimum Gasteiger partial charge on any atom is -0.379 e. The zero-order valence-corrected chi connectivity index (χ0v) is 13.1. The van der Waals surface area contributed by atoms with Crippen molar-refractivity contribution in [1.82, 2.24) is 14.7 Å². The standard InChI is InChI=1S/C16H17F3N4O/c1-22-7-5-11-8-12(2-3-14(11)15(22)24)20-9-13-4-6-21-23(13)10-16(17,18)19/h2-4,6,8,20H,5,7,9-10H2,1H3. The Hall–Kier alpha value is -2.51. The van der Waals surface area contributed by atoms with Crippen molar-refractivity contribution >= 4 is 11.6 Å². The van der Waals surface area contributed by atoms with E-state index in [0.717, 1.165) is 22.4 Å². The predicted octanol–water partition coefficient (Wildman–Crippen LogP) is 2.69. The van der Waals surface area contributed by atoms with E-state index in [0.29, 0.717) is 17.8 Å². The van der Waals surface area contributed by atoms with Crippen LogP contribution in [0.1, 0.15) is 21.6 Å². The molecule has 0 unspecified atom stereocenters. The minimum atomic E-state index is -4.31. The normalized spacial score (nSPS) is 14.7. The van der Waals surface area contributed by atoms with Gasteiger partial charge >= 0.3 is 6.18 Å². The average Bonchev–Trinajstić information content (AvgIpc) is 2.94. The second kappa shape index (κ2) is 6.18. The Balaban J connectivity index is 1.70. The van der Waals surface area contributed by atoms with Gasteiger partial charge in [0, 0.05) is 31.0 Å². The van der Waals surface area contributed by atoms with Crippen LogP contribution in [0.4, 0.5) is 18.9 Å². The van der Waals surface area contributed by atoms with E-state index in [2.05, 4.69) is 10.4 Å². The van der Waals surface area contributed by atoms with E-state index >= 15 is 0 Å². The SMILES string of the molecule is CN1CCc2cc(NCc3ccnn3CC(F)(F)F)ccc2C1=O. The first-order valence-electron chi connectivity index (χ1n) is 7.53. The van der Waals surface area contributed by atoms with E-state index in [1.54, 1.807) is 30.1 Å². The van der Waals surface area contributed by atoms with Gasteiger partial charge in [-0.3, -0.25) is 9.48 Å². The fraction of sp³-hybridized carbons (Fsp3) is 0.375. The molecule has 1 aliphatic heterocycles. The Bertz CT molecular complexity index is 754. The van der Waals surface area contributed by atoms with Crippen molar-refractivity contribution in [3.8, 4) is 0 Å². The molecular weight excluding hydrogens is 321 g/mol. The van der Waals surface area contributed by atoms with E-state index in [9.17, 15) is 18.0 Å². The average molecular weight is 338 g/mol. The Morgan fingerprint density at radius 2 is 2.08 bits per heavy atom. The number of nitrogens with one attached hydrogen (secondary N) is 1. The third kappa shape index (κ3) is 3.52. The molecule has 5 nitrogen and oxygen atoms in total. The molecule has 1 aromatic heterocycles. The van der Waals surface area contributed by atoms with E-state index in [1.807, 2.05) is 6.07 Å². The molecule has 0 spiro atoms. The van der Waals surface area contributed by atoms with E-state index in [4.69, 9.17) is 0 Å². The van der Waals surface area contributed by atoms with Gasteiger partial charge in [-0.2, -0.15) is 18.3 Å². The van der Waals surface area contributed by atoms with Crippen LogP contribution in [0.3, 0.4) is 0 Å². The van der Waals surface area contributed by atoms with Crippen LogP contribution < -0.4 is 5.32 Å². The molecule has 24 heavy (non-hydrogen) atoms. The molecule has 0 saturated carbocycles. The largest absolute Gasteiger partial charge is 0.408 e. The molecule has 1 aromatic carbocycles. The van der Waals surface area contributed by atoms with Crippen LogP contribution in [0, 0.1) is 0 Å². The van der Waals surface area contributed by atoms with Gasteiger partial charge in [0.2, 0.25) is 0 Å². The maximum Gasteiger partial charge on any atom is 0.408 e. The van der Waals surface area contributed by atoms with Crippen LogP contribution >= 0.6 is 0 Å². The van der Waals surface area contributed by atoms with E-state index in [1.165, 1.54) is 6.20 Å². The van der Waals surface area contributed by atoms with Crippen molar-refractivity contribution in [3.63, 3.8) is 0 Å². The number of anilines is 1. The Labute approximate surface area is 137 Å². The highest BCUT2D eigenvalue weighted by molar-refractivity contribution is 5.97. The summed E-state index contributed by atoms with van der Waals surface area (Å²) in [6.07, 6.45) is -2.19. The number of fused-ring (bicyclic) bond motifs is 1. The summed E-state index contributed by atoms with van der Waals surface area (Å²) in [5, 5.41) is 6.81. The molecule has 0 bridgehead atoms. The van der Waals surface area contributed by atoms with Gasteiger partial charge in [0.15, 0.2) is 0 Å². The van der Waals surface area contributed by atoms with Crippen molar-refractivity contribution in [1.29, 1.82) is 0 Å². The van der Waals surface area contributed by atoms with Crippen molar-refractivity contribution in [2.75, 3.05) is 18.9 Å². The van der Waals surface area contributed by atoms with Gasteiger partial charge in [0.25, 0.3) is 5.91 Å². The second-order valence-electron chi connectivity index (χ2n) is 5.80. The number of amides is 1. The molecular formula is C16H17F3N4O. The van der Waals surface area contributed by atoms with Gasteiger partial charge in [0.05, 0.1) is 12.2 Å². The molecule has 0 saturated heterocycles. The smallest absolute Gasteiger partial charge is 0.379 e. The van der Waals surface area contributed by atoms with Gasteiger partial charge in [-0.05, 0) is 36.2 Å². The fourth-order valence-electron chi connectivity index (χ4n) is 2.73. The second-order valence-corrected chi connectivity index (χ2v) is 5.80. The van der Waals surface area contributed by atoms with Crippen LogP contribution in [-0.2, 0) is 19.5 Å². The molecule has 0 radical (unpaired) electrons. The maximum absolute atomic E-state index is 12.5. The number of likely N-dealkylation sites (N-methyl/N-ethyl adjacent to an activating group) is 1. The summed E-state index contributed by atoms with van der Waals surface area (Å²) in [5.41, 5.74) is 2.84. The first kappa shape index (κ1) is 16.4. The topological polar surface area (TPSA) is 50.2 Å². The molecule has 0 aliphatic carbocycles. The fourth-order valence-corrected chi connectivity index (χ4v) is 2.73. The van der Waals surface area contributed by atoms with Crippen LogP contribution in [0.15, 0.2) is 30.5 Å². The molecule has 128 valence electrons. The lowest BCUT2D eigenvalue weighted by molar-refractivity contribution is -0.143. The molecule has 1 amide bonds. The monoisotopic (exact) mass is 338 g/mol. The summed E-state index contributed by atoms with van der Waals surface area (Å²) >= 11 is 0. The van der Waals surface area contributed by atoms with Crippen LogP contribution in [0.2, 0.25) is 0 Å². The summed E-state index contributed by atoms with van der Waals surface area (Å²) in [6, 6.07) is 6.95. The molecule has 8 heteroatoms. The Kier molecular flexibility index (Phi) is 4.21. The predicted molar refractivity (Wildman–Crippen MR) is 82.7 cm³/mol. The zero-order chi connectivity index (χ0) is 17.3. The minimum absolute atomic E-state index is 0.00828. The molecule has 3 rings (SSSR count). The molecule has 1 aliphatic rings. The van der Waals surface area contributed by atoms with Gasteiger partial charge in [-0.15, -0.1) is 0 Å². The van der Waals surface area contributed by atoms with Gasteiger partial charge < -0.3 is 10.2 Å². The van der Waals surface area contributed by atoms with Gasteiger partial charge in [0.1, 0.15) is 6.54 Å². The number of halogens is 3. The lowest BCUT2D eigenvalue weighted by Crippen LogP contribution is -2.34. The molecule has 0 fully saturated rings. The lowest BCUT2D eigenvalue weighted by atomic mass is 9.98. The molecule has 2 heterocycles. The first-order valence-corrected chi connectivity index (χ1v) is 7.53. The van der Waals surface area contributed by atoms with Crippen molar-refractivity contribution in [2.24, 2.45) is 0 Å². The summed E-state index contributed by atoms with van der Waals surface area (Å²) in [5.74, 6) is -0.00828. The summed E-state index contributed by atoms with van der Waals surface area (Å²) < 4.78 is 38.4. The highest BCUT2D eigenvalue weighted by atomic mass is 19.4. The molecule has 1 N–H and O–H groups in total. The number of nitrogens with zero attached hydrogens (tertiary/aromatic N) is 3. The number of carbonyl (C=O) groups excluding carboxylic acids is 1. The number of aromatic nitrogens is 2. The van der Waals surface area contributed by atoms with Crippen molar-refractivity contribution in [3.05, 3.63) is 47.3 Å². The number of benzene rings is 1. The summed E-state index contributed by atoms with van der Waals surface area (Å²) in [4.78, 5) is 13.7. The highest BCUT2D eigenvalue weighted by Crippen LogP contribution is 2.23. The third-order valence-corrected chi connectivity index (χ3v) is 4.01. The number of hydrogen-bond acceptors (Lipinski definition) is 3. The van der Waals surface area contributed by atoms with Gasteiger partial charge in [-0.1, -0.05) is 0 Å². The maximum atomic E-state index is 12.5. The lowest BCUT2D eigenvalue weighted by Gasteiger charge is -2.25. The number of rotatable bonds is 4. The van der Waals surface area contributed by atoms with Crippen molar-refractivity contribution < 1.29 is 18.0 Å². The highest BCUT2D eigenvalue weighted by Gasteiger charge is 2.29. The first-order chi connectivity index (χ1) is 11.3. The zero-order valence-electron chi connectivity index (χ0n) is 13.1. The Morgan fingerprint density at radius 1 is 1.29 bits per heavy atom. The molecule has 0 atom stereocenters. The summed E-state index contributed by atoms with van der Waals surface area (Å²) in [7, 11) is 1.76. The summed E-state index contributed by atoms with van der Waals surface area (Å²) in [6.45, 7) is -0.224. The quantitative estimate of drug-likeness (QED) is 0.932. The number of alkyl halides is 3. The number of carbonyl (C=O) groups is 1. The van der Waals surface area contributed by atoms with Gasteiger partial charge in [-0.25, -0.2) is 0 Å². The van der Waals surface area contributed by atoms with Crippen molar-refractivity contribution in [2.45, 2.75) is 25.7 Å². The third-order valence-electron chi connectivity index (χ3n) is 4.01. The number of hydrogen-bond donors (Lipinski definition) is 1. The Morgan fingerprint density at radius 3 is 2.83 bits per heavy atom. The molecule has 2 aromatic rings. The van der Waals surface area contributed by atoms with Crippen LogP contribution in [0.25, 0.3) is 0 Å². The van der Waals surface area contributed by atoms with Crippen LogP contribution in [-0.4, -0.2) is 40.4 Å². The van der Waals surface area contributed by atoms with E-state index in [-0.39, 0.29) is 12.5 Å². The van der Waals surface area contributed by atoms with E-state index < -0.39 is 12.7 Å². The van der Waals surface area contributed by atoms with Crippen LogP contribution in [0.5, 0.6) is 0 Å².